The van der Waals surface area contributed by atoms with Crippen molar-refractivity contribution in [1.29, 1.82) is 0 Å². The van der Waals surface area contributed by atoms with Gasteiger partial charge in [0.15, 0.2) is 0 Å². The van der Waals surface area contributed by atoms with Crippen molar-refractivity contribution < 1.29 is 23.1 Å². The molecule has 0 saturated heterocycles. The van der Waals surface area contributed by atoms with Crippen molar-refractivity contribution in [1.82, 2.24) is 4.57 Å². The molecule has 1 aromatic heterocycles. The van der Waals surface area contributed by atoms with Crippen LogP contribution in [0.5, 0.6) is 0 Å². The Labute approximate surface area is 156 Å². The van der Waals surface area contributed by atoms with Gasteiger partial charge in [-0.2, -0.15) is 13.2 Å². The molecule has 0 bridgehead atoms. The van der Waals surface area contributed by atoms with E-state index in [9.17, 15) is 23.1 Å². The smallest absolute Gasteiger partial charge is 0.413 e. The van der Waals surface area contributed by atoms with Crippen LogP contribution in [0.1, 0.15) is 16.9 Å². The highest BCUT2D eigenvalue weighted by atomic mass is 28.3. The van der Waals surface area contributed by atoms with E-state index in [1.54, 1.807) is 12.1 Å². The number of aromatic nitrogens is 1. The molecule has 0 saturated carbocycles. The third-order valence-corrected chi connectivity index (χ3v) is 6.63. The number of fused-ring (bicyclic) bond motifs is 1. The predicted molar refractivity (Wildman–Crippen MR) is 104 cm³/mol. The molecular weight excluding hydrogens is 371 g/mol. The van der Waals surface area contributed by atoms with Crippen molar-refractivity contribution in [2.45, 2.75) is 32.2 Å². The number of aromatic carboxylic acids is 1. The molecule has 0 unspecified atom stereocenters. The Morgan fingerprint density at radius 3 is 2.52 bits per heavy atom. The maximum absolute atomic E-state index is 13.0. The number of benzene rings is 1. The lowest BCUT2D eigenvalue weighted by atomic mass is 10.0. The van der Waals surface area contributed by atoms with Crippen LogP contribution >= 0.6 is 0 Å². The SMILES string of the molecule is C[Si](C)(C)c1ccc2cc(C(=O)O)n(/C=C3/C=CC=C(C(F)(F)F)C3)c2c1. The second-order valence-electron chi connectivity index (χ2n) is 7.66. The zero-order valence-corrected chi connectivity index (χ0v) is 16.3. The second-order valence-corrected chi connectivity index (χ2v) is 12.7. The van der Waals surface area contributed by atoms with Crippen molar-refractivity contribution >= 4 is 36.3 Å². The van der Waals surface area contributed by atoms with Crippen LogP contribution in [-0.2, 0) is 0 Å². The average molecular weight is 391 g/mol. The summed E-state index contributed by atoms with van der Waals surface area (Å²) in [7, 11) is -1.63. The molecular formula is C20H20F3NO2Si. The van der Waals surface area contributed by atoms with Crippen molar-refractivity contribution in [2.75, 3.05) is 0 Å². The summed E-state index contributed by atoms with van der Waals surface area (Å²) in [6.07, 6.45) is 0.782. The first-order chi connectivity index (χ1) is 12.5. The number of hydrogen-bond acceptors (Lipinski definition) is 1. The Morgan fingerprint density at radius 1 is 1.22 bits per heavy atom. The number of carboxylic acids is 1. The molecule has 1 aliphatic rings. The van der Waals surface area contributed by atoms with E-state index < -0.39 is 25.8 Å². The quantitative estimate of drug-likeness (QED) is 0.733. The average Bonchev–Trinajstić information content (AvgIpc) is 2.92. The Balaban J connectivity index is 2.15. The highest BCUT2D eigenvalue weighted by Crippen LogP contribution is 2.33. The molecule has 27 heavy (non-hydrogen) atoms. The lowest BCUT2D eigenvalue weighted by Gasteiger charge is -2.17. The molecule has 0 aliphatic heterocycles. The summed E-state index contributed by atoms with van der Waals surface area (Å²) >= 11 is 0. The van der Waals surface area contributed by atoms with Gasteiger partial charge in [0, 0.05) is 23.6 Å². The van der Waals surface area contributed by atoms with Crippen LogP contribution in [0, 0.1) is 0 Å². The first-order valence-electron chi connectivity index (χ1n) is 8.51. The predicted octanol–water partition coefficient (Wildman–Crippen LogP) is 5.17. The standard InChI is InChI=1S/C20H20F3NO2Si/c1-27(2,3)16-8-7-14-10-18(19(25)26)24(17(14)11-16)12-13-5-4-6-15(9-13)20(21,22)23/h4-8,10-12H,9H2,1-3H3,(H,25,26)/b13-12-. The summed E-state index contributed by atoms with van der Waals surface area (Å²) in [6.45, 7) is 6.55. The first-order valence-corrected chi connectivity index (χ1v) is 12.0. The number of nitrogens with zero attached hydrogens (tertiary/aromatic N) is 1. The number of alkyl halides is 3. The van der Waals surface area contributed by atoms with Gasteiger partial charge in [-0.05, 0) is 17.7 Å². The fraction of sp³-hybridized carbons (Fsp3) is 0.250. The monoisotopic (exact) mass is 391 g/mol. The van der Waals surface area contributed by atoms with Crippen molar-refractivity contribution in [3.05, 3.63) is 59.3 Å². The van der Waals surface area contributed by atoms with E-state index in [0.717, 1.165) is 16.6 Å². The maximum Gasteiger partial charge on any atom is 0.413 e. The van der Waals surface area contributed by atoms with Gasteiger partial charge in [-0.25, -0.2) is 4.79 Å². The first kappa shape index (κ1) is 19.2. The van der Waals surface area contributed by atoms with Gasteiger partial charge in [0.05, 0.1) is 13.6 Å². The fourth-order valence-corrected chi connectivity index (χ4v) is 4.22. The van der Waals surface area contributed by atoms with Gasteiger partial charge in [0.2, 0.25) is 0 Å². The molecule has 0 spiro atoms. The van der Waals surface area contributed by atoms with Crippen LogP contribution in [0.4, 0.5) is 13.2 Å². The minimum absolute atomic E-state index is 0.0294. The van der Waals surface area contributed by atoms with Gasteiger partial charge in [0.1, 0.15) is 5.69 Å². The summed E-state index contributed by atoms with van der Waals surface area (Å²) in [5, 5.41) is 11.5. The van der Waals surface area contributed by atoms with Crippen LogP contribution in [0.25, 0.3) is 17.1 Å². The van der Waals surface area contributed by atoms with Gasteiger partial charge in [-0.3, -0.25) is 0 Å². The number of halogens is 3. The molecule has 1 aromatic carbocycles. The highest BCUT2D eigenvalue weighted by molar-refractivity contribution is 6.88. The third kappa shape index (κ3) is 3.92. The molecule has 3 rings (SSSR count). The molecule has 2 aromatic rings. The molecule has 0 amide bonds. The van der Waals surface area contributed by atoms with Crippen molar-refractivity contribution in [3.8, 4) is 0 Å². The minimum Gasteiger partial charge on any atom is -0.477 e. The molecule has 7 heteroatoms. The van der Waals surface area contributed by atoms with E-state index in [2.05, 4.69) is 19.6 Å². The zero-order valence-electron chi connectivity index (χ0n) is 15.3. The van der Waals surface area contributed by atoms with Gasteiger partial charge in [-0.1, -0.05) is 55.2 Å². The lowest BCUT2D eigenvalue weighted by Crippen LogP contribution is -2.37. The lowest BCUT2D eigenvalue weighted by molar-refractivity contribution is -0.0931. The van der Waals surface area contributed by atoms with Crippen LogP contribution < -0.4 is 5.19 Å². The molecule has 0 atom stereocenters. The Morgan fingerprint density at radius 2 is 1.93 bits per heavy atom. The Bertz CT molecular complexity index is 1000. The number of rotatable bonds is 3. The van der Waals surface area contributed by atoms with E-state index >= 15 is 0 Å². The van der Waals surface area contributed by atoms with Gasteiger partial charge in [0.25, 0.3) is 0 Å². The highest BCUT2D eigenvalue weighted by Gasteiger charge is 2.34. The van der Waals surface area contributed by atoms with Crippen molar-refractivity contribution in [2.24, 2.45) is 0 Å². The molecule has 1 aliphatic carbocycles. The van der Waals surface area contributed by atoms with Crippen molar-refractivity contribution in [3.63, 3.8) is 0 Å². The van der Waals surface area contributed by atoms with Crippen LogP contribution in [0.2, 0.25) is 19.6 Å². The van der Waals surface area contributed by atoms with Crippen LogP contribution in [-0.4, -0.2) is 29.9 Å². The summed E-state index contributed by atoms with van der Waals surface area (Å²) in [5.41, 5.74) is 0.480. The second kappa shape index (κ2) is 6.56. The molecule has 142 valence electrons. The van der Waals surface area contributed by atoms with Crippen LogP contribution in [0.15, 0.2) is 53.6 Å². The zero-order chi connectivity index (χ0) is 20.0. The van der Waals surface area contributed by atoms with E-state index in [4.69, 9.17) is 0 Å². The minimum atomic E-state index is -4.40. The Kier molecular flexibility index (Phi) is 4.67. The summed E-state index contributed by atoms with van der Waals surface area (Å²) < 4.78 is 40.5. The van der Waals surface area contributed by atoms with Gasteiger partial charge >= 0.3 is 12.1 Å². The molecule has 0 fully saturated rings. The molecule has 1 heterocycles. The summed E-state index contributed by atoms with van der Waals surface area (Å²) in [6, 6.07) is 7.39. The maximum atomic E-state index is 13.0. The molecule has 3 nitrogen and oxygen atoms in total. The molecule has 1 N–H and O–H groups in total. The van der Waals surface area contributed by atoms with Gasteiger partial charge in [-0.15, -0.1) is 0 Å². The van der Waals surface area contributed by atoms with E-state index in [1.165, 1.54) is 16.8 Å². The van der Waals surface area contributed by atoms with E-state index in [-0.39, 0.29) is 12.1 Å². The normalized spacial score (nSPS) is 16.8. The van der Waals surface area contributed by atoms with E-state index in [1.807, 2.05) is 18.2 Å². The third-order valence-electron chi connectivity index (χ3n) is 4.59. The number of carbonyl (C=O) groups is 1. The summed E-state index contributed by atoms with van der Waals surface area (Å²) in [5.74, 6) is -1.12. The molecule has 0 radical (unpaired) electrons. The largest absolute Gasteiger partial charge is 0.477 e. The van der Waals surface area contributed by atoms with Crippen LogP contribution in [0.3, 0.4) is 0 Å². The number of carboxylic acid groups (broad SMARTS) is 1. The van der Waals surface area contributed by atoms with Gasteiger partial charge < -0.3 is 9.67 Å². The fourth-order valence-electron chi connectivity index (χ4n) is 3.07. The topological polar surface area (TPSA) is 42.2 Å². The number of allylic oxidation sites excluding steroid dienone is 5. The van der Waals surface area contributed by atoms with E-state index in [0.29, 0.717) is 11.1 Å². The number of hydrogen-bond donors (Lipinski definition) is 1. The summed E-state index contributed by atoms with van der Waals surface area (Å²) in [4.78, 5) is 11.7. The Hall–Kier alpha value is -2.54.